The summed E-state index contributed by atoms with van der Waals surface area (Å²) in [7, 11) is 0. The molecule has 1 atom stereocenters. The molecular weight excluding hydrogens is 444 g/mol. The number of hydrogen-bond donors (Lipinski definition) is 3. The number of amides is 2. The first-order valence-electron chi connectivity index (χ1n) is 12.6. The van der Waals surface area contributed by atoms with Crippen molar-refractivity contribution in [2.45, 2.75) is 57.8 Å². The van der Waals surface area contributed by atoms with E-state index in [0.717, 1.165) is 19.3 Å². The number of ether oxygens (including phenoxy) is 1. The van der Waals surface area contributed by atoms with E-state index in [2.05, 4.69) is 41.8 Å². The second kappa shape index (κ2) is 13.5. The number of unbranched alkanes of at least 4 members (excludes halogenated alkanes) is 1. The highest BCUT2D eigenvalue weighted by atomic mass is 16.5. The summed E-state index contributed by atoms with van der Waals surface area (Å²) >= 11 is 0. The molecule has 0 aliphatic heterocycles. The number of alkyl carbamates (subject to hydrolysis) is 1. The molecule has 2 amide bonds. The Bertz CT molecular complexity index is 961. The lowest BCUT2D eigenvalue weighted by Crippen LogP contribution is -2.28. The molecule has 0 fully saturated rings. The minimum absolute atomic E-state index is 0.0109. The van der Waals surface area contributed by atoms with Gasteiger partial charge in [-0.05, 0) is 53.9 Å². The first-order valence-corrected chi connectivity index (χ1v) is 12.6. The molecule has 35 heavy (non-hydrogen) atoms. The number of carboxylic acids is 1. The molecule has 0 radical (unpaired) electrons. The Hall–Kier alpha value is -3.35. The van der Waals surface area contributed by atoms with Gasteiger partial charge in [0.15, 0.2) is 0 Å². The summed E-state index contributed by atoms with van der Waals surface area (Å²) in [5, 5.41) is 14.3. The summed E-state index contributed by atoms with van der Waals surface area (Å²) in [5.74, 6) is -0.446. The quantitative estimate of drug-likeness (QED) is 0.327. The fourth-order valence-electron chi connectivity index (χ4n) is 4.63. The third-order valence-electron chi connectivity index (χ3n) is 6.66. The summed E-state index contributed by atoms with van der Waals surface area (Å²) in [6, 6.07) is 16.5. The minimum atomic E-state index is -0.811. The van der Waals surface area contributed by atoms with Crippen molar-refractivity contribution < 1.29 is 24.2 Å². The van der Waals surface area contributed by atoms with Crippen molar-refractivity contribution in [1.29, 1.82) is 0 Å². The zero-order chi connectivity index (χ0) is 25.0. The van der Waals surface area contributed by atoms with Crippen molar-refractivity contribution in [1.82, 2.24) is 10.6 Å². The number of hydrogen-bond acceptors (Lipinski definition) is 4. The van der Waals surface area contributed by atoms with Gasteiger partial charge in [-0.15, -0.1) is 0 Å². The van der Waals surface area contributed by atoms with Gasteiger partial charge in [-0.2, -0.15) is 0 Å². The van der Waals surface area contributed by atoms with E-state index in [4.69, 9.17) is 9.84 Å². The molecule has 0 aromatic heterocycles. The van der Waals surface area contributed by atoms with Gasteiger partial charge < -0.3 is 20.5 Å². The smallest absolute Gasteiger partial charge is 0.407 e. The Balaban J connectivity index is 1.34. The average molecular weight is 481 g/mol. The highest BCUT2D eigenvalue weighted by Crippen LogP contribution is 2.44. The predicted molar refractivity (Wildman–Crippen MR) is 135 cm³/mol. The van der Waals surface area contributed by atoms with Gasteiger partial charge in [0.2, 0.25) is 5.91 Å². The van der Waals surface area contributed by atoms with E-state index in [1.54, 1.807) is 0 Å². The van der Waals surface area contributed by atoms with E-state index >= 15 is 0 Å². The fraction of sp³-hybridized carbons (Fsp3) is 0.464. The average Bonchev–Trinajstić information content (AvgIpc) is 3.18. The van der Waals surface area contributed by atoms with E-state index in [-0.39, 0.29) is 18.2 Å². The zero-order valence-corrected chi connectivity index (χ0v) is 20.4. The third-order valence-corrected chi connectivity index (χ3v) is 6.66. The number of fused-ring (bicyclic) bond motifs is 3. The van der Waals surface area contributed by atoms with Crippen molar-refractivity contribution in [2.24, 2.45) is 5.92 Å². The van der Waals surface area contributed by atoms with E-state index < -0.39 is 12.1 Å². The van der Waals surface area contributed by atoms with Crippen molar-refractivity contribution in [2.75, 3.05) is 19.7 Å². The summed E-state index contributed by atoms with van der Waals surface area (Å²) in [5.41, 5.74) is 4.78. The lowest BCUT2D eigenvalue weighted by molar-refractivity contribution is -0.137. The number of carboxylic acid groups (broad SMARTS) is 1. The minimum Gasteiger partial charge on any atom is -0.481 e. The molecule has 0 bridgehead atoms. The number of aliphatic carboxylic acids is 1. The van der Waals surface area contributed by atoms with Gasteiger partial charge in [-0.3, -0.25) is 9.59 Å². The van der Waals surface area contributed by atoms with Crippen LogP contribution in [0.5, 0.6) is 0 Å². The standard InChI is InChI=1S/C28H36N2O5/c1-2-20(14-15-26(31)29-17-8-7-13-27(32)33)16-18-30-28(34)35-19-25-23-11-5-3-9-21(23)22-10-4-6-12-24(22)25/h3-6,9-12,20,25H,2,7-8,13-19H2,1H3,(H,29,31)(H,30,34)(H,32,33). The molecule has 0 saturated carbocycles. The van der Waals surface area contributed by atoms with Gasteiger partial charge in [0, 0.05) is 31.8 Å². The molecule has 2 aromatic rings. The molecule has 3 rings (SSSR count). The van der Waals surface area contributed by atoms with E-state index in [0.29, 0.717) is 44.9 Å². The lowest BCUT2D eigenvalue weighted by atomic mass is 9.96. The number of carbonyl (C=O) groups excluding carboxylic acids is 2. The normalized spacial score (nSPS) is 12.9. The summed E-state index contributed by atoms with van der Waals surface area (Å²) in [6.45, 7) is 3.39. The maximum Gasteiger partial charge on any atom is 0.407 e. The van der Waals surface area contributed by atoms with E-state index in [1.807, 2.05) is 24.3 Å². The maximum atomic E-state index is 12.3. The molecule has 2 aromatic carbocycles. The first-order chi connectivity index (χ1) is 17.0. The highest BCUT2D eigenvalue weighted by Gasteiger charge is 2.28. The monoisotopic (exact) mass is 480 g/mol. The molecule has 188 valence electrons. The molecule has 1 unspecified atom stereocenters. The van der Waals surface area contributed by atoms with E-state index in [9.17, 15) is 14.4 Å². The van der Waals surface area contributed by atoms with Crippen LogP contribution in [-0.2, 0) is 14.3 Å². The summed E-state index contributed by atoms with van der Waals surface area (Å²) in [6.07, 6.45) is 3.84. The third kappa shape index (κ3) is 7.84. The number of nitrogens with one attached hydrogen (secondary N) is 2. The van der Waals surface area contributed by atoms with Crippen molar-refractivity contribution >= 4 is 18.0 Å². The van der Waals surface area contributed by atoms with Gasteiger partial charge in [0.05, 0.1) is 0 Å². The topological polar surface area (TPSA) is 105 Å². The van der Waals surface area contributed by atoms with Gasteiger partial charge in [-0.25, -0.2) is 4.79 Å². The Morgan fingerprint density at radius 1 is 0.886 bits per heavy atom. The Morgan fingerprint density at radius 2 is 1.54 bits per heavy atom. The van der Waals surface area contributed by atoms with Crippen LogP contribution >= 0.6 is 0 Å². The molecule has 7 nitrogen and oxygen atoms in total. The Labute approximate surface area is 207 Å². The molecule has 0 saturated heterocycles. The van der Waals surface area contributed by atoms with Crippen LogP contribution in [-0.4, -0.2) is 42.8 Å². The summed E-state index contributed by atoms with van der Waals surface area (Å²) < 4.78 is 5.58. The lowest BCUT2D eigenvalue weighted by Gasteiger charge is -2.17. The van der Waals surface area contributed by atoms with Gasteiger partial charge in [-0.1, -0.05) is 61.9 Å². The van der Waals surface area contributed by atoms with Crippen LogP contribution in [0.4, 0.5) is 4.79 Å². The second-order valence-electron chi connectivity index (χ2n) is 9.05. The largest absolute Gasteiger partial charge is 0.481 e. The Morgan fingerprint density at radius 3 is 2.17 bits per heavy atom. The molecule has 3 N–H and O–H groups in total. The van der Waals surface area contributed by atoms with Crippen LogP contribution in [0.2, 0.25) is 0 Å². The number of carbonyl (C=O) groups is 3. The zero-order valence-electron chi connectivity index (χ0n) is 20.4. The molecular formula is C28H36N2O5. The van der Waals surface area contributed by atoms with Crippen LogP contribution in [0.3, 0.4) is 0 Å². The number of benzene rings is 2. The summed E-state index contributed by atoms with van der Waals surface area (Å²) in [4.78, 5) is 34.9. The van der Waals surface area contributed by atoms with Crippen LogP contribution < -0.4 is 10.6 Å². The predicted octanol–water partition coefficient (Wildman–Crippen LogP) is 5.09. The number of rotatable bonds is 14. The first kappa shape index (κ1) is 26.3. The van der Waals surface area contributed by atoms with Crippen LogP contribution in [0.1, 0.15) is 68.9 Å². The Kier molecular flexibility index (Phi) is 10.1. The molecule has 7 heteroatoms. The molecule has 0 spiro atoms. The van der Waals surface area contributed by atoms with Gasteiger partial charge in [0.1, 0.15) is 6.61 Å². The second-order valence-corrected chi connectivity index (χ2v) is 9.05. The van der Waals surface area contributed by atoms with Crippen LogP contribution in [0.15, 0.2) is 48.5 Å². The van der Waals surface area contributed by atoms with Crippen molar-refractivity contribution in [3.8, 4) is 11.1 Å². The van der Waals surface area contributed by atoms with Crippen LogP contribution in [0.25, 0.3) is 11.1 Å². The van der Waals surface area contributed by atoms with Gasteiger partial charge >= 0.3 is 12.1 Å². The maximum absolute atomic E-state index is 12.3. The highest BCUT2D eigenvalue weighted by molar-refractivity contribution is 5.79. The van der Waals surface area contributed by atoms with Crippen molar-refractivity contribution in [3.63, 3.8) is 0 Å². The SMILES string of the molecule is CCC(CCNC(=O)OCC1c2ccccc2-c2ccccc21)CCC(=O)NCCCCC(=O)O. The molecule has 1 aliphatic rings. The van der Waals surface area contributed by atoms with E-state index in [1.165, 1.54) is 22.3 Å². The van der Waals surface area contributed by atoms with Crippen LogP contribution in [0, 0.1) is 5.92 Å². The van der Waals surface area contributed by atoms with Gasteiger partial charge in [0.25, 0.3) is 0 Å². The van der Waals surface area contributed by atoms with Crippen molar-refractivity contribution in [3.05, 3.63) is 59.7 Å². The fourth-order valence-corrected chi connectivity index (χ4v) is 4.63. The molecule has 0 heterocycles. The molecule has 1 aliphatic carbocycles.